The van der Waals surface area contributed by atoms with Crippen LogP contribution in [-0.2, 0) is 4.79 Å². The van der Waals surface area contributed by atoms with Gasteiger partial charge in [-0.2, -0.15) is 0 Å². The third kappa shape index (κ3) is 6.48. The van der Waals surface area contributed by atoms with Gasteiger partial charge < -0.3 is 15.2 Å². The fraction of sp³-hybridized carbons (Fsp3) is 0.611. The zero-order valence-electron chi connectivity index (χ0n) is 14.3. The quantitative estimate of drug-likeness (QED) is 0.776. The first kappa shape index (κ1) is 18.5. The number of nitrogens with one attached hydrogen (secondary N) is 1. The molecule has 0 aliphatic rings. The molecule has 1 amide bonds. The highest BCUT2D eigenvalue weighted by Gasteiger charge is 2.24. The fourth-order valence-corrected chi connectivity index (χ4v) is 2.49. The van der Waals surface area contributed by atoms with Gasteiger partial charge in [0.2, 0.25) is 0 Å². The Labute approximate surface area is 133 Å². The predicted molar refractivity (Wildman–Crippen MR) is 89.0 cm³/mol. The van der Waals surface area contributed by atoms with Crippen molar-refractivity contribution in [1.29, 1.82) is 0 Å². The van der Waals surface area contributed by atoms with Crippen molar-refractivity contribution in [2.45, 2.75) is 59.7 Å². The standard InChI is InChI=1S/C18H29NO3/c1-6-16(22-15-9-7-8-13(2)10-15)17(21)19-12-18(4,5)11-14(3)20/h7-10,14,16,20H,6,11-12H2,1-5H3,(H,19,21). The van der Waals surface area contributed by atoms with Crippen LogP contribution in [-0.4, -0.2) is 29.8 Å². The van der Waals surface area contributed by atoms with Crippen LogP contribution < -0.4 is 10.1 Å². The number of carbonyl (C=O) groups is 1. The van der Waals surface area contributed by atoms with Crippen molar-refractivity contribution in [3.63, 3.8) is 0 Å². The maximum Gasteiger partial charge on any atom is 0.261 e. The summed E-state index contributed by atoms with van der Waals surface area (Å²) in [5.41, 5.74) is 0.955. The second-order valence-corrected chi connectivity index (χ2v) is 6.77. The van der Waals surface area contributed by atoms with Crippen molar-refractivity contribution in [3.8, 4) is 5.75 Å². The van der Waals surface area contributed by atoms with Crippen LogP contribution in [0.4, 0.5) is 0 Å². The Morgan fingerprint density at radius 2 is 2.09 bits per heavy atom. The number of amides is 1. The summed E-state index contributed by atoms with van der Waals surface area (Å²) >= 11 is 0. The van der Waals surface area contributed by atoms with Crippen LogP contribution in [0.1, 0.15) is 46.1 Å². The Kier molecular flexibility index (Phi) is 6.88. The molecule has 0 saturated carbocycles. The van der Waals surface area contributed by atoms with E-state index in [2.05, 4.69) is 5.32 Å². The Bertz CT molecular complexity index is 483. The lowest BCUT2D eigenvalue weighted by Crippen LogP contribution is -2.43. The van der Waals surface area contributed by atoms with Gasteiger partial charge in [0.25, 0.3) is 5.91 Å². The van der Waals surface area contributed by atoms with Crippen LogP contribution in [0.5, 0.6) is 5.75 Å². The number of ether oxygens (including phenoxy) is 1. The first-order valence-corrected chi connectivity index (χ1v) is 7.92. The van der Waals surface area contributed by atoms with Crippen molar-refractivity contribution >= 4 is 5.91 Å². The highest BCUT2D eigenvalue weighted by Crippen LogP contribution is 2.21. The van der Waals surface area contributed by atoms with Crippen LogP contribution in [0, 0.1) is 12.3 Å². The molecular weight excluding hydrogens is 278 g/mol. The zero-order valence-corrected chi connectivity index (χ0v) is 14.3. The molecule has 1 aromatic carbocycles. The van der Waals surface area contributed by atoms with Gasteiger partial charge in [0.15, 0.2) is 6.10 Å². The fourth-order valence-electron chi connectivity index (χ4n) is 2.49. The molecule has 0 bridgehead atoms. The van der Waals surface area contributed by atoms with E-state index in [0.29, 0.717) is 25.1 Å². The van der Waals surface area contributed by atoms with E-state index in [-0.39, 0.29) is 17.4 Å². The van der Waals surface area contributed by atoms with E-state index in [1.165, 1.54) is 0 Å². The Morgan fingerprint density at radius 3 is 2.64 bits per heavy atom. The molecule has 0 saturated heterocycles. The Balaban J connectivity index is 2.58. The van der Waals surface area contributed by atoms with Gasteiger partial charge >= 0.3 is 0 Å². The molecule has 1 aromatic rings. The third-order valence-corrected chi connectivity index (χ3v) is 3.52. The van der Waals surface area contributed by atoms with Gasteiger partial charge in [-0.1, -0.05) is 32.9 Å². The summed E-state index contributed by atoms with van der Waals surface area (Å²) in [6.07, 6.45) is 0.376. The molecule has 0 aromatic heterocycles. The molecule has 2 atom stereocenters. The summed E-state index contributed by atoms with van der Waals surface area (Å²) in [5, 5.41) is 12.4. The van der Waals surface area contributed by atoms with Gasteiger partial charge in [-0.25, -0.2) is 0 Å². The van der Waals surface area contributed by atoms with Gasteiger partial charge in [-0.15, -0.1) is 0 Å². The third-order valence-electron chi connectivity index (χ3n) is 3.52. The van der Waals surface area contributed by atoms with E-state index in [4.69, 9.17) is 4.74 Å². The SMILES string of the molecule is CCC(Oc1cccc(C)c1)C(=O)NCC(C)(C)CC(C)O. The highest BCUT2D eigenvalue weighted by atomic mass is 16.5. The summed E-state index contributed by atoms with van der Waals surface area (Å²) in [6, 6.07) is 7.70. The molecule has 4 heteroatoms. The Hall–Kier alpha value is -1.55. The van der Waals surface area contributed by atoms with E-state index >= 15 is 0 Å². The molecular formula is C18H29NO3. The lowest BCUT2D eigenvalue weighted by molar-refractivity contribution is -0.128. The molecule has 0 radical (unpaired) electrons. The van der Waals surface area contributed by atoms with Crippen LogP contribution in [0.2, 0.25) is 0 Å². The van der Waals surface area contributed by atoms with Crippen molar-refractivity contribution in [2.75, 3.05) is 6.54 Å². The number of aliphatic hydroxyl groups excluding tert-OH is 1. The zero-order chi connectivity index (χ0) is 16.8. The van der Waals surface area contributed by atoms with Crippen LogP contribution in [0.15, 0.2) is 24.3 Å². The van der Waals surface area contributed by atoms with Gasteiger partial charge in [0.05, 0.1) is 6.10 Å². The van der Waals surface area contributed by atoms with E-state index in [1.54, 1.807) is 6.92 Å². The van der Waals surface area contributed by atoms with Gasteiger partial charge in [0.1, 0.15) is 5.75 Å². The molecule has 0 spiro atoms. The molecule has 0 fully saturated rings. The highest BCUT2D eigenvalue weighted by molar-refractivity contribution is 5.81. The van der Waals surface area contributed by atoms with E-state index in [9.17, 15) is 9.90 Å². The maximum atomic E-state index is 12.3. The summed E-state index contributed by atoms with van der Waals surface area (Å²) < 4.78 is 5.79. The van der Waals surface area contributed by atoms with Gasteiger partial charge in [0, 0.05) is 6.54 Å². The molecule has 4 nitrogen and oxygen atoms in total. The summed E-state index contributed by atoms with van der Waals surface area (Å²) in [5.74, 6) is 0.605. The second kappa shape index (κ2) is 8.18. The van der Waals surface area contributed by atoms with E-state index in [0.717, 1.165) is 5.56 Å². The monoisotopic (exact) mass is 307 g/mol. The lowest BCUT2D eigenvalue weighted by Gasteiger charge is -2.27. The molecule has 0 heterocycles. The number of benzene rings is 1. The minimum atomic E-state index is -0.496. The number of aliphatic hydroxyl groups is 1. The normalized spacial score (nSPS) is 14.3. The molecule has 1 rings (SSSR count). The average molecular weight is 307 g/mol. The maximum absolute atomic E-state index is 12.3. The number of hydrogen-bond acceptors (Lipinski definition) is 3. The summed E-state index contributed by atoms with van der Waals surface area (Å²) in [6.45, 7) is 10.3. The average Bonchev–Trinajstić information content (AvgIpc) is 2.41. The van der Waals surface area contributed by atoms with Gasteiger partial charge in [-0.05, 0) is 49.8 Å². The van der Waals surface area contributed by atoms with E-state index in [1.807, 2.05) is 52.0 Å². The first-order chi connectivity index (χ1) is 10.2. The number of aryl methyl sites for hydroxylation is 1. The molecule has 0 aliphatic heterocycles. The predicted octanol–water partition coefficient (Wildman–Crippen LogP) is 3.07. The van der Waals surface area contributed by atoms with Crippen molar-refractivity contribution in [3.05, 3.63) is 29.8 Å². The molecule has 22 heavy (non-hydrogen) atoms. The molecule has 124 valence electrons. The summed E-state index contributed by atoms with van der Waals surface area (Å²) in [4.78, 5) is 12.3. The molecule has 0 aliphatic carbocycles. The van der Waals surface area contributed by atoms with Crippen LogP contribution >= 0.6 is 0 Å². The van der Waals surface area contributed by atoms with E-state index < -0.39 is 6.10 Å². The molecule has 2 N–H and O–H groups in total. The van der Waals surface area contributed by atoms with Crippen molar-refractivity contribution in [2.24, 2.45) is 5.41 Å². The number of rotatable bonds is 8. The molecule has 2 unspecified atom stereocenters. The lowest BCUT2D eigenvalue weighted by atomic mass is 9.87. The summed E-state index contributed by atoms with van der Waals surface area (Å²) in [7, 11) is 0. The minimum Gasteiger partial charge on any atom is -0.481 e. The minimum absolute atomic E-state index is 0.109. The van der Waals surface area contributed by atoms with Crippen molar-refractivity contribution < 1.29 is 14.6 Å². The number of carbonyl (C=O) groups excluding carboxylic acids is 1. The smallest absolute Gasteiger partial charge is 0.261 e. The Morgan fingerprint density at radius 1 is 1.41 bits per heavy atom. The van der Waals surface area contributed by atoms with Gasteiger partial charge in [-0.3, -0.25) is 4.79 Å². The largest absolute Gasteiger partial charge is 0.481 e. The topological polar surface area (TPSA) is 58.6 Å². The van der Waals surface area contributed by atoms with Crippen LogP contribution in [0.25, 0.3) is 0 Å². The first-order valence-electron chi connectivity index (χ1n) is 7.92. The van der Waals surface area contributed by atoms with Crippen LogP contribution in [0.3, 0.4) is 0 Å². The van der Waals surface area contributed by atoms with Crippen molar-refractivity contribution in [1.82, 2.24) is 5.32 Å². The second-order valence-electron chi connectivity index (χ2n) is 6.77. The number of hydrogen-bond donors (Lipinski definition) is 2.